The van der Waals surface area contributed by atoms with Gasteiger partial charge in [-0.25, -0.2) is 9.03 Å². The van der Waals surface area contributed by atoms with E-state index in [0.29, 0.717) is 5.69 Å². The number of carbonyl (C=O) groups is 1. The number of nitrogens with one attached hydrogen (secondary N) is 1. The number of ether oxygens (including phenoxy) is 1. The Morgan fingerprint density at radius 1 is 1.32 bits per heavy atom. The molecule has 1 fully saturated rings. The third-order valence-corrected chi connectivity index (χ3v) is 6.90. The lowest BCUT2D eigenvalue weighted by Gasteiger charge is -2.28. The number of halogens is 4. The number of likely N-dealkylation sites (tertiary alicyclic amines) is 1. The van der Waals surface area contributed by atoms with Gasteiger partial charge in [0, 0.05) is 24.3 Å². The number of benzene rings is 1. The predicted octanol–water partition coefficient (Wildman–Crippen LogP) is 2.52. The third kappa shape index (κ3) is 7.24. The number of anilines is 1. The zero-order valence-electron chi connectivity index (χ0n) is 18.5. The fourth-order valence-corrected chi connectivity index (χ4v) is 5.13. The smallest absolute Gasteiger partial charge is 0.422 e. The van der Waals surface area contributed by atoms with E-state index in [2.05, 4.69) is 14.7 Å². The molecule has 2 heterocycles. The Morgan fingerprint density at radius 3 is 2.65 bits per heavy atom. The van der Waals surface area contributed by atoms with Gasteiger partial charge < -0.3 is 9.64 Å². The van der Waals surface area contributed by atoms with Gasteiger partial charge in [0.25, 0.3) is 0 Å². The number of amides is 1. The molecule has 0 aliphatic carbocycles. The third-order valence-electron chi connectivity index (χ3n) is 5.26. The number of alkyl halides is 3. The molecule has 188 valence electrons. The van der Waals surface area contributed by atoms with Gasteiger partial charge in [0.1, 0.15) is 5.75 Å². The van der Waals surface area contributed by atoms with E-state index in [1.807, 2.05) is 11.8 Å². The zero-order chi connectivity index (χ0) is 25.1. The molecule has 1 aromatic heterocycles. The summed E-state index contributed by atoms with van der Waals surface area (Å²) >= 11 is 5.92. The van der Waals surface area contributed by atoms with Gasteiger partial charge in [-0.3, -0.25) is 9.48 Å². The summed E-state index contributed by atoms with van der Waals surface area (Å²) in [5, 5.41) is 4.07. The minimum atomic E-state index is -4.54. The first-order chi connectivity index (χ1) is 15.8. The molecular formula is C20H25ClF3N5O4S. The molecule has 34 heavy (non-hydrogen) atoms. The van der Waals surface area contributed by atoms with Crippen LogP contribution in [0.1, 0.15) is 18.4 Å². The van der Waals surface area contributed by atoms with E-state index in [1.165, 1.54) is 35.3 Å². The summed E-state index contributed by atoms with van der Waals surface area (Å²) < 4.78 is 72.8. The highest BCUT2D eigenvalue weighted by Gasteiger charge is 2.32. The van der Waals surface area contributed by atoms with Crippen molar-refractivity contribution in [1.82, 2.24) is 19.4 Å². The van der Waals surface area contributed by atoms with Crippen molar-refractivity contribution in [2.24, 2.45) is 7.05 Å². The van der Waals surface area contributed by atoms with Crippen molar-refractivity contribution in [2.75, 3.05) is 31.0 Å². The van der Waals surface area contributed by atoms with Gasteiger partial charge in [0.05, 0.1) is 24.8 Å². The van der Waals surface area contributed by atoms with Crippen molar-refractivity contribution in [1.29, 1.82) is 0 Å². The molecule has 0 radical (unpaired) electrons. The highest BCUT2D eigenvalue weighted by atomic mass is 35.5. The first-order valence-corrected chi connectivity index (χ1v) is 12.2. The summed E-state index contributed by atoms with van der Waals surface area (Å²) in [5.41, 5.74) is 0.495. The van der Waals surface area contributed by atoms with Crippen LogP contribution < -0.4 is 13.8 Å². The van der Waals surface area contributed by atoms with Gasteiger partial charge in [-0.15, -0.1) is 0 Å². The van der Waals surface area contributed by atoms with Gasteiger partial charge >= 0.3 is 16.4 Å². The van der Waals surface area contributed by atoms with Gasteiger partial charge in [0.2, 0.25) is 5.91 Å². The van der Waals surface area contributed by atoms with E-state index < -0.39 is 35.3 Å². The standard InChI is InChI=1S/C20H25ClF3N5O4S/c1-27-5-3-4-16(27)12-29(17-10-25-28(2)11-17)34(31,32)26-19(30)8-14-6-15(21)9-18(7-14)33-13-20(22,23)24/h6-7,9-11,16H,3-5,8,12-13H2,1-2H3,(H,26,30)/t16-/m0/s1. The van der Waals surface area contributed by atoms with E-state index in [1.54, 1.807) is 7.05 Å². The quantitative estimate of drug-likeness (QED) is 0.542. The van der Waals surface area contributed by atoms with Crippen LogP contribution in [0.4, 0.5) is 18.9 Å². The lowest BCUT2D eigenvalue weighted by molar-refractivity contribution is -0.153. The van der Waals surface area contributed by atoms with Crippen LogP contribution in [0.5, 0.6) is 5.75 Å². The van der Waals surface area contributed by atoms with Gasteiger partial charge in [0.15, 0.2) is 6.61 Å². The minimum Gasteiger partial charge on any atom is -0.484 e. The molecule has 0 unspecified atom stereocenters. The highest BCUT2D eigenvalue weighted by Crippen LogP contribution is 2.25. The molecule has 0 spiro atoms. The monoisotopic (exact) mass is 523 g/mol. The Hall–Kier alpha value is -2.51. The van der Waals surface area contributed by atoms with E-state index in [0.717, 1.165) is 23.7 Å². The van der Waals surface area contributed by atoms with Crippen LogP contribution in [0.15, 0.2) is 30.6 Å². The average Bonchev–Trinajstić information content (AvgIpc) is 3.30. The lowest BCUT2D eigenvalue weighted by atomic mass is 10.1. The Morgan fingerprint density at radius 2 is 2.06 bits per heavy atom. The predicted molar refractivity (Wildman–Crippen MR) is 120 cm³/mol. The number of rotatable bonds is 9. The van der Waals surface area contributed by atoms with E-state index in [-0.39, 0.29) is 28.9 Å². The normalized spacial score (nSPS) is 17.1. The molecule has 1 atom stereocenters. The van der Waals surface area contributed by atoms with Crippen LogP contribution in [0, 0.1) is 0 Å². The number of hydrogen-bond acceptors (Lipinski definition) is 6. The van der Waals surface area contributed by atoms with E-state index >= 15 is 0 Å². The summed E-state index contributed by atoms with van der Waals surface area (Å²) in [5.74, 6) is -1.06. The molecule has 1 aromatic carbocycles. The summed E-state index contributed by atoms with van der Waals surface area (Å²) in [4.78, 5) is 14.6. The second kappa shape index (κ2) is 10.4. The molecule has 2 aromatic rings. The first kappa shape index (κ1) is 26.1. The average molecular weight is 524 g/mol. The van der Waals surface area contributed by atoms with Gasteiger partial charge in [-0.2, -0.15) is 26.7 Å². The summed E-state index contributed by atoms with van der Waals surface area (Å²) in [6.45, 7) is -0.564. The first-order valence-electron chi connectivity index (χ1n) is 10.3. The van der Waals surface area contributed by atoms with Crippen molar-refractivity contribution < 1.29 is 31.1 Å². The van der Waals surface area contributed by atoms with Crippen molar-refractivity contribution >= 4 is 33.4 Å². The number of aromatic nitrogens is 2. The molecule has 9 nitrogen and oxygen atoms in total. The molecule has 3 rings (SSSR count). The largest absolute Gasteiger partial charge is 0.484 e. The number of likely N-dealkylation sites (N-methyl/N-ethyl adjacent to an activating group) is 1. The molecule has 14 heteroatoms. The number of carbonyl (C=O) groups excluding carboxylic acids is 1. The highest BCUT2D eigenvalue weighted by molar-refractivity contribution is 7.91. The van der Waals surface area contributed by atoms with Crippen LogP contribution in [0.2, 0.25) is 5.02 Å². The molecule has 1 aliphatic rings. The Kier molecular flexibility index (Phi) is 7.98. The summed E-state index contributed by atoms with van der Waals surface area (Å²) in [6.07, 6.45) is -0.328. The fourth-order valence-electron chi connectivity index (χ4n) is 3.67. The van der Waals surface area contributed by atoms with Crippen LogP contribution in [-0.4, -0.2) is 68.0 Å². The number of aryl methyl sites for hydroxylation is 1. The van der Waals surface area contributed by atoms with Crippen molar-refractivity contribution in [2.45, 2.75) is 31.5 Å². The molecule has 0 bridgehead atoms. The van der Waals surface area contributed by atoms with Crippen LogP contribution in [-0.2, 0) is 28.5 Å². The lowest BCUT2D eigenvalue weighted by Crippen LogP contribution is -2.48. The van der Waals surface area contributed by atoms with E-state index in [4.69, 9.17) is 11.6 Å². The molecule has 1 amide bonds. The maximum Gasteiger partial charge on any atom is 0.422 e. The van der Waals surface area contributed by atoms with Crippen molar-refractivity contribution in [3.63, 3.8) is 0 Å². The van der Waals surface area contributed by atoms with Crippen molar-refractivity contribution in [3.05, 3.63) is 41.2 Å². The van der Waals surface area contributed by atoms with Gasteiger partial charge in [-0.1, -0.05) is 11.6 Å². The Bertz CT molecular complexity index is 1130. The SMILES string of the molecule is CN1CCC[C@H]1CN(c1cnn(C)c1)S(=O)(=O)NC(=O)Cc1cc(Cl)cc(OCC(F)(F)F)c1. The van der Waals surface area contributed by atoms with Crippen LogP contribution in [0.25, 0.3) is 0 Å². The maximum atomic E-state index is 13.1. The molecule has 1 N–H and O–H groups in total. The molecule has 1 aliphatic heterocycles. The summed E-state index contributed by atoms with van der Waals surface area (Å²) in [7, 11) is -0.752. The molecule has 1 saturated heterocycles. The van der Waals surface area contributed by atoms with Crippen molar-refractivity contribution in [3.8, 4) is 5.75 Å². The van der Waals surface area contributed by atoms with Gasteiger partial charge in [-0.05, 0) is 50.2 Å². The Balaban J connectivity index is 1.74. The second-order valence-corrected chi connectivity index (χ2v) is 10.1. The maximum absolute atomic E-state index is 13.1. The van der Waals surface area contributed by atoms with Crippen LogP contribution in [0.3, 0.4) is 0 Å². The summed E-state index contributed by atoms with van der Waals surface area (Å²) in [6, 6.07) is 3.69. The zero-order valence-corrected chi connectivity index (χ0v) is 20.1. The van der Waals surface area contributed by atoms with E-state index in [9.17, 15) is 26.4 Å². The number of hydrogen-bond donors (Lipinski definition) is 1. The van der Waals surface area contributed by atoms with Crippen LogP contribution >= 0.6 is 11.6 Å². The Labute approximate surface area is 200 Å². The second-order valence-electron chi connectivity index (χ2n) is 8.09. The molecular weight excluding hydrogens is 499 g/mol. The molecule has 0 saturated carbocycles. The minimum absolute atomic E-state index is 0.0341. The topological polar surface area (TPSA) is 96.8 Å². The fraction of sp³-hybridized carbons (Fsp3) is 0.500. The number of nitrogens with zero attached hydrogens (tertiary/aromatic N) is 4.